The number of nitrogens with zero attached hydrogens (tertiary/aromatic N) is 2. The fourth-order valence-electron chi connectivity index (χ4n) is 1.73. The van der Waals surface area contributed by atoms with Gasteiger partial charge in [0.25, 0.3) is 0 Å². The van der Waals surface area contributed by atoms with Crippen LogP contribution in [0.4, 0.5) is 0 Å². The van der Waals surface area contributed by atoms with E-state index in [0.29, 0.717) is 18.2 Å². The van der Waals surface area contributed by atoms with Gasteiger partial charge in [0.2, 0.25) is 5.91 Å². The molecule has 6 heteroatoms. The summed E-state index contributed by atoms with van der Waals surface area (Å²) in [4.78, 5) is 15.9. The molecule has 0 spiro atoms. The van der Waals surface area contributed by atoms with Crippen LogP contribution in [0.1, 0.15) is 12.7 Å². The van der Waals surface area contributed by atoms with Crippen LogP contribution in [0, 0.1) is 0 Å². The first-order valence-corrected chi connectivity index (χ1v) is 6.86. The van der Waals surface area contributed by atoms with Crippen LogP contribution < -0.4 is 10.1 Å². The van der Waals surface area contributed by atoms with Crippen molar-refractivity contribution in [3.63, 3.8) is 0 Å². The van der Waals surface area contributed by atoms with E-state index in [0.717, 1.165) is 11.3 Å². The highest BCUT2D eigenvalue weighted by Crippen LogP contribution is 2.18. The van der Waals surface area contributed by atoms with Gasteiger partial charge in [-0.25, -0.2) is 4.98 Å². The molecule has 114 valence electrons. The summed E-state index contributed by atoms with van der Waals surface area (Å²) >= 11 is 0. The number of benzene rings is 1. The first kappa shape index (κ1) is 15.5. The molecule has 0 aliphatic heterocycles. The fourth-order valence-corrected chi connectivity index (χ4v) is 1.73. The van der Waals surface area contributed by atoms with Gasteiger partial charge in [0.15, 0.2) is 5.82 Å². The maximum absolute atomic E-state index is 11.5. The first-order valence-electron chi connectivity index (χ1n) is 6.86. The van der Waals surface area contributed by atoms with E-state index in [9.17, 15) is 4.79 Å². The summed E-state index contributed by atoms with van der Waals surface area (Å²) in [7, 11) is 1.62. The van der Waals surface area contributed by atoms with Crippen LogP contribution in [0.2, 0.25) is 0 Å². The summed E-state index contributed by atoms with van der Waals surface area (Å²) in [5.41, 5.74) is 0.877. The lowest BCUT2D eigenvalue weighted by Crippen LogP contribution is -2.20. The third-order valence-electron chi connectivity index (χ3n) is 2.86. The Morgan fingerprint density at radius 2 is 2.09 bits per heavy atom. The number of methoxy groups -OCH3 is 1. The zero-order chi connectivity index (χ0) is 15.8. The Labute approximate surface area is 128 Å². The van der Waals surface area contributed by atoms with Gasteiger partial charge in [0, 0.05) is 11.6 Å². The van der Waals surface area contributed by atoms with Gasteiger partial charge < -0.3 is 10.1 Å². The highest BCUT2D eigenvalue weighted by atomic mass is 16.5. The van der Waals surface area contributed by atoms with E-state index in [-0.39, 0.29) is 5.91 Å². The molecule has 2 aromatic rings. The summed E-state index contributed by atoms with van der Waals surface area (Å²) in [6, 6.07) is 7.45. The molecule has 0 atom stereocenters. The zero-order valence-electron chi connectivity index (χ0n) is 12.5. The third-order valence-corrected chi connectivity index (χ3v) is 2.86. The van der Waals surface area contributed by atoms with E-state index < -0.39 is 0 Å². The molecule has 1 amide bonds. The van der Waals surface area contributed by atoms with Gasteiger partial charge in [-0.3, -0.25) is 9.89 Å². The molecular weight excluding hydrogens is 280 g/mol. The molecule has 0 bridgehead atoms. The van der Waals surface area contributed by atoms with Crippen LogP contribution in [0.25, 0.3) is 11.4 Å². The summed E-state index contributed by atoms with van der Waals surface area (Å²) in [5, 5.41) is 9.68. The Balaban J connectivity index is 1.94. The van der Waals surface area contributed by atoms with Crippen molar-refractivity contribution < 1.29 is 9.53 Å². The van der Waals surface area contributed by atoms with E-state index in [1.165, 1.54) is 6.08 Å². The van der Waals surface area contributed by atoms with Crippen molar-refractivity contribution in [3.8, 4) is 17.1 Å². The number of carbonyl (C=O) groups is 1. The largest absolute Gasteiger partial charge is 0.497 e. The quantitative estimate of drug-likeness (QED) is 0.633. The average Bonchev–Trinajstić information content (AvgIpc) is 3.02. The van der Waals surface area contributed by atoms with Crippen LogP contribution >= 0.6 is 0 Å². The molecule has 0 saturated carbocycles. The lowest BCUT2D eigenvalue weighted by molar-refractivity contribution is -0.116. The van der Waals surface area contributed by atoms with Gasteiger partial charge in [-0.05, 0) is 31.2 Å². The number of carbonyl (C=O) groups excluding carboxylic acids is 1. The lowest BCUT2D eigenvalue weighted by atomic mass is 10.2. The Bertz CT molecular complexity index is 672. The monoisotopic (exact) mass is 298 g/mol. The van der Waals surface area contributed by atoms with Crippen molar-refractivity contribution in [2.24, 2.45) is 0 Å². The van der Waals surface area contributed by atoms with Crippen molar-refractivity contribution in [2.75, 3.05) is 7.11 Å². The van der Waals surface area contributed by atoms with E-state index in [2.05, 4.69) is 20.5 Å². The molecule has 6 nitrogen and oxygen atoms in total. The minimum Gasteiger partial charge on any atom is -0.497 e. The number of H-pyrrole nitrogens is 1. The maximum atomic E-state index is 11.5. The normalized spacial score (nSPS) is 11.2. The van der Waals surface area contributed by atoms with Crippen LogP contribution in [-0.4, -0.2) is 28.2 Å². The number of amides is 1. The number of aromatic amines is 1. The van der Waals surface area contributed by atoms with Crippen LogP contribution in [0.3, 0.4) is 0 Å². The SMILES string of the molecule is CC=CC=CC(=O)NCc1nc(-c2ccc(OC)cc2)n[nH]1. The molecular formula is C16H18N4O2. The number of hydrogen-bond acceptors (Lipinski definition) is 4. The lowest BCUT2D eigenvalue weighted by Gasteiger charge is -1.99. The van der Waals surface area contributed by atoms with Gasteiger partial charge in [0.05, 0.1) is 13.7 Å². The number of nitrogens with one attached hydrogen (secondary N) is 2. The Kier molecular flexibility index (Phi) is 5.48. The second-order valence-electron chi connectivity index (χ2n) is 4.44. The number of ether oxygens (including phenoxy) is 1. The Hall–Kier alpha value is -2.89. The number of hydrogen-bond donors (Lipinski definition) is 2. The van der Waals surface area contributed by atoms with Gasteiger partial charge in [-0.2, -0.15) is 5.10 Å². The predicted molar refractivity (Wildman–Crippen MR) is 84.2 cm³/mol. The molecule has 1 heterocycles. The standard InChI is InChI=1S/C16H18N4O2/c1-3-4-5-6-15(21)17-11-14-18-16(20-19-14)12-7-9-13(22-2)10-8-12/h3-10H,11H2,1-2H3,(H,17,21)(H,18,19,20). The molecule has 1 aromatic carbocycles. The number of rotatable bonds is 6. The van der Waals surface area contributed by atoms with Crippen LogP contribution in [0.5, 0.6) is 5.75 Å². The fraction of sp³-hybridized carbons (Fsp3) is 0.188. The third kappa shape index (κ3) is 4.31. The molecule has 1 aromatic heterocycles. The Morgan fingerprint density at radius 3 is 2.77 bits per heavy atom. The highest BCUT2D eigenvalue weighted by Gasteiger charge is 2.06. The molecule has 0 aliphatic carbocycles. The minimum atomic E-state index is -0.180. The van der Waals surface area contributed by atoms with Crippen molar-refractivity contribution in [1.29, 1.82) is 0 Å². The van der Waals surface area contributed by atoms with Crippen molar-refractivity contribution in [1.82, 2.24) is 20.5 Å². The summed E-state index contributed by atoms with van der Waals surface area (Å²) in [6.07, 6.45) is 6.77. The molecule has 2 N–H and O–H groups in total. The van der Waals surface area contributed by atoms with Gasteiger partial charge in [-0.1, -0.05) is 18.2 Å². The van der Waals surface area contributed by atoms with E-state index in [4.69, 9.17) is 4.74 Å². The molecule has 0 saturated heterocycles. The van der Waals surface area contributed by atoms with Crippen LogP contribution in [0.15, 0.2) is 48.6 Å². The molecule has 0 radical (unpaired) electrons. The number of aromatic nitrogens is 3. The maximum Gasteiger partial charge on any atom is 0.244 e. The van der Waals surface area contributed by atoms with Crippen molar-refractivity contribution in [2.45, 2.75) is 13.5 Å². The molecule has 2 rings (SSSR count). The first-order chi connectivity index (χ1) is 10.7. The highest BCUT2D eigenvalue weighted by molar-refractivity contribution is 5.87. The van der Waals surface area contributed by atoms with Gasteiger partial charge in [-0.15, -0.1) is 0 Å². The molecule has 0 aliphatic rings. The van der Waals surface area contributed by atoms with Crippen LogP contribution in [-0.2, 0) is 11.3 Å². The predicted octanol–water partition coefficient (Wildman–Crippen LogP) is 2.23. The number of allylic oxidation sites excluding steroid dienone is 3. The van der Waals surface area contributed by atoms with Crippen molar-refractivity contribution >= 4 is 5.91 Å². The van der Waals surface area contributed by atoms with E-state index >= 15 is 0 Å². The second kappa shape index (κ2) is 7.78. The zero-order valence-corrected chi connectivity index (χ0v) is 12.5. The second-order valence-corrected chi connectivity index (χ2v) is 4.44. The smallest absolute Gasteiger partial charge is 0.244 e. The van der Waals surface area contributed by atoms with Gasteiger partial charge >= 0.3 is 0 Å². The molecule has 0 fully saturated rings. The topological polar surface area (TPSA) is 79.9 Å². The summed E-state index contributed by atoms with van der Waals surface area (Å²) in [5.74, 6) is 1.77. The Morgan fingerprint density at radius 1 is 1.32 bits per heavy atom. The van der Waals surface area contributed by atoms with E-state index in [1.807, 2.05) is 37.3 Å². The van der Waals surface area contributed by atoms with Gasteiger partial charge in [0.1, 0.15) is 11.6 Å². The molecule has 22 heavy (non-hydrogen) atoms. The van der Waals surface area contributed by atoms with Crippen molar-refractivity contribution in [3.05, 3.63) is 54.4 Å². The summed E-state index contributed by atoms with van der Waals surface area (Å²) in [6.45, 7) is 2.18. The molecule has 0 unspecified atom stereocenters. The summed E-state index contributed by atoms with van der Waals surface area (Å²) < 4.78 is 5.11. The minimum absolute atomic E-state index is 0.180. The average molecular weight is 298 g/mol. The van der Waals surface area contributed by atoms with E-state index in [1.54, 1.807) is 19.3 Å².